The van der Waals surface area contributed by atoms with Crippen LogP contribution in [0.1, 0.15) is 11.3 Å². The highest BCUT2D eigenvalue weighted by atomic mass is 19.4. The molecule has 0 unspecified atom stereocenters. The molecule has 0 aliphatic carbocycles. The zero-order valence-electron chi connectivity index (χ0n) is 15.0. The van der Waals surface area contributed by atoms with E-state index in [1.54, 1.807) is 24.5 Å². The van der Waals surface area contributed by atoms with E-state index in [-0.39, 0.29) is 29.8 Å². The van der Waals surface area contributed by atoms with Crippen LogP contribution in [0, 0.1) is 0 Å². The Morgan fingerprint density at radius 1 is 1.03 bits per heavy atom. The predicted octanol–water partition coefficient (Wildman–Crippen LogP) is 3.54. The van der Waals surface area contributed by atoms with Gasteiger partial charge in [0.15, 0.2) is 5.69 Å². The monoisotopic (exact) mass is 402 g/mol. The number of aromatic nitrogens is 6. The summed E-state index contributed by atoms with van der Waals surface area (Å²) in [6, 6.07) is 8.15. The molecule has 3 heterocycles. The smallest absolute Gasteiger partial charge is 0.414 e. The van der Waals surface area contributed by atoms with Gasteiger partial charge in [-0.1, -0.05) is 11.3 Å². The minimum atomic E-state index is -4.48. The molecule has 0 saturated heterocycles. The summed E-state index contributed by atoms with van der Waals surface area (Å²) < 4.78 is 51.3. The topological polar surface area (TPSA) is 91.8 Å². The van der Waals surface area contributed by atoms with E-state index in [0.717, 1.165) is 12.1 Å². The Morgan fingerprint density at radius 2 is 1.79 bits per heavy atom. The van der Waals surface area contributed by atoms with Gasteiger partial charge in [0.05, 0.1) is 17.9 Å². The summed E-state index contributed by atoms with van der Waals surface area (Å²) in [6.45, 7) is 0.0194. The first-order chi connectivity index (χ1) is 14.0. The van der Waals surface area contributed by atoms with Crippen LogP contribution >= 0.6 is 0 Å². The van der Waals surface area contributed by atoms with Crippen LogP contribution in [0.3, 0.4) is 0 Å². The molecular weight excluding hydrogens is 389 g/mol. The van der Waals surface area contributed by atoms with Gasteiger partial charge < -0.3 is 9.15 Å². The van der Waals surface area contributed by atoms with Crippen molar-refractivity contribution in [1.82, 2.24) is 30.2 Å². The average Bonchev–Trinajstić information content (AvgIpc) is 3.36. The minimum Gasteiger partial charge on any atom is -0.414 e. The van der Waals surface area contributed by atoms with Crippen LogP contribution in [0.15, 0.2) is 53.2 Å². The second-order valence-corrected chi connectivity index (χ2v) is 5.93. The van der Waals surface area contributed by atoms with Crippen molar-refractivity contribution in [3.05, 3.63) is 60.0 Å². The lowest BCUT2D eigenvalue weighted by Gasteiger charge is -2.10. The summed E-state index contributed by atoms with van der Waals surface area (Å²) in [5, 5.41) is 16.0. The number of methoxy groups -OCH3 is 1. The van der Waals surface area contributed by atoms with Crippen molar-refractivity contribution < 1.29 is 22.3 Å². The van der Waals surface area contributed by atoms with Crippen LogP contribution < -0.4 is 0 Å². The Kier molecular flexibility index (Phi) is 4.80. The van der Waals surface area contributed by atoms with Gasteiger partial charge in [0.25, 0.3) is 5.89 Å². The largest absolute Gasteiger partial charge is 0.416 e. The standard InChI is InChI=1S/C18H13F3N6O2/c1-28-10-14-15(17-25-24-16(29-17)11-5-7-22-8-6-11)23-26-27(14)13-4-2-3-12(9-13)18(19,20)21/h2-9H,10H2,1H3. The highest BCUT2D eigenvalue weighted by Crippen LogP contribution is 2.31. The number of alkyl halides is 3. The number of rotatable bonds is 5. The molecule has 0 amide bonds. The molecule has 0 saturated carbocycles. The van der Waals surface area contributed by atoms with Crippen LogP contribution in [0.2, 0.25) is 0 Å². The van der Waals surface area contributed by atoms with E-state index < -0.39 is 11.7 Å². The van der Waals surface area contributed by atoms with Gasteiger partial charge in [-0.2, -0.15) is 13.2 Å². The quantitative estimate of drug-likeness (QED) is 0.504. The normalized spacial score (nSPS) is 11.7. The van der Waals surface area contributed by atoms with Crippen molar-refractivity contribution >= 4 is 0 Å². The number of nitrogens with zero attached hydrogens (tertiary/aromatic N) is 6. The maximum atomic E-state index is 13.1. The number of ether oxygens (including phenoxy) is 1. The van der Waals surface area contributed by atoms with E-state index in [1.165, 1.54) is 23.9 Å². The van der Waals surface area contributed by atoms with Crippen LogP contribution in [0.5, 0.6) is 0 Å². The fourth-order valence-corrected chi connectivity index (χ4v) is 2.69. The van der Waals surface area contributed by atoms with Gasteiger partial charge in [-0.3, -0.25) is 4.98 Å². The Hall–Kier alpha value is -3.60. The first kappa shape index (κ1) is 18.7. The second kappa shape index (κ2) is 7.43. The molecule has 0 aliphatic heterocycles. The van der Waals surface area contributed by atoms with Crippen molar-refractivity contribution in [2.75, 3.05) is 7.11 Å². The van der Waals surface area contributed by atoms with E-state index >= 15 is 0 Å². The van der Waals surface area contributed by atoms with Gasteiger partial charge in [0, 0.05) is 25.1 Å². The molecular formula is C18H13F3N6O2. The third-order valence-electron chi connectivity index (χ3n) is 4.02. The summed E-state index contributed by atoms with van der Waals surface area (Å²) >= 11 is 0. The number of pyridine rings is 1. The summed E-state index contributed by atoms with van der Waals surface area (Å²) in [4.78, 5) is 3.92. The fourth-order valence-electron chi connectivity index (χ4n) is 2.69. The lowest BCUT2D eigenvalue weighted by Crippen LogP contribution is -2.08. The van der Waals surface area contributed by atoms with E-state index in [0.29, 0.717) is 11.3 Å². The molecule has 4 aromatic rings. The number of hydrogen-bond acceptors (Lipinski definition) is 7. The molecule has 1 aromatic carbocycles. The van der Waals surface area contributed by atoms with Gasteiger partial charge in [-0.05, 0) is 30.3 Å². The maximum Gasteiger partial charge on any atom is 0.416 e. The molecule has 29 heavy (non-hydrogen) atoms. The second-order valence-electron chi connectivity index (χ2n) is 5.93. The number of benzene rings is 1. The number of halogens is 3. The van der Waals surface area contributed by atoms with Gasteiger partial charge in [-0.25, -0.2) is 4.68 Å². The van der Waals surface area contributed by atoms with E-state index in [9.17, 15) is 13.2 Å². The molecule has 8 nitrogen and oxygen atoms in total. The molecule has 0 atom stereocenters. The molecule has 0 aliphatic rings. The molecule has 4 rings (SSSR count). The van der Waals surface area contributed by atoms with Crippen LogP contribution in [0.4, 0.5) is 13.2 Å². The molecule has 3 aromatic heterocycles. The summed E-state index contributed by atoms with van der Waals surface area (Å²) in [7, 11) is 1.45. The first-order valence-corrected chi connectivity index (χ1v) is 8.33. The zero-order valence-corrected chi connectivity index (χ0v) is 15.0. The van der Waals surface area contributed by atoms with Crippen LogP contribution in [0.25, 0.3) is 28.7 Å². The van der Waals surface area contributed by atoms with Gasteiger partial charge >= 0.3 is 6.18 Å². The average molecular weight is 402 g/mol. The predicted molar refractivity (Wildman–Crippen MR) is 93.6 cm³/mol. The summed E-state index contributed by atoms with van der Waals surface area (Å²) in [5.41, 5.74) is 0.638. The summed E-state index contributed by atoms with van der Waals surface area (Å²) in [6.07, 6.45) is -1.31. The Balaban J connectivity index is 1.76. The molecule has 0 N–H and O–H groups in total. The lowest BCUT2D eigenvalue weighted by atomic mass is 10.2. The van der Waals surface area contributed by atoms with Crippen molar-refractivity contribution in [2.24, 2.45) is 0 Å². The molecule has 0 bridgehead atoms. The maximum absolute atomic E-state index is 13.1. The van der Waals surface area contributed by atoms with E-state index in [1.807, 2.05) is 0 Å². The first-order valence-electron chi connectivity index (χ1n) is 8.33. The molecule has 11 heteroatoms. The molecule has 0 radical (unpaired) electrons. The Morgan fingerprint density at radius 3 is 2.52 bits per heavy atom. The molecule has 0 spiro atoms. The zero-order chi connectivity index (χ0) is 20.4. The van der Waals surface area contributed by atoms with Crippen molar-refractivity contribution in [3.63, 3.8) is 0 Å². The summed E-state index contributed by atoms with van der Waals surface area (Å²) in [5.74, 6) is 0.321. The highest BCUT2D eigenvalue weighted by molar-refractivity contribution is 5.57. The minimum absolute atomic E-state index is 0.0194. The third kappa shape index (κ3) is 3.72. The van der Waals surface area contributed by atoms with E-state index in [4.69, 9.17) is 9.15 Å². The SMILES string of the molecule is COCc1c(-c2nnc(-c3ccncc3)o2)nnn1-c1cccc(C(F)(F)F)c1. The number of hydrogen-bond donors (Lipinski definition) is 0. The lowest BCUT2D eigenvalue weighted by molar-refractivity contribution is -0.137. The Labute approximate surface area is 162 Å². The third-order valence-corrected chi connectivity index (χ3v) is 4.02. The highest BCUT2D eigenvalue weighted by Gasteiger charge is 2.31. The van der Waals surface area contributed by atoms with E-state index in [2.05, 4.69) is 25.5 Å². The molecule has 148 valence electrons. The molecule has 0 fully saturated rings. The van der Waals surface area contributed by atoms with Gasteiger partial charge in [-0.15, -0.1) is 15.3 Å². The van der Waals surface area contributed by atoms with Gasteiger partial charge in [0.1, 0.15) is 5.69 Å². The van der Waals surface area contributed by atoms with Gasteiger partial charge in [0.2, 0.25) is 5.89 Å². The fraction of sp³-hybridized carbons (Fsp3) is 0.167. The van der Waals surface area contributed by atoms with Crippen molar-refractivity contribution in [1.29, 1.82) is 0 Å². The van der Waals surface area contributed by atoms with Crippen LogP contribution in [-0.2, 0) is 17.5 Å². The van der Waals surface area contributed by atoms with Crippen molar-refractivity contribution in [3.8, 4) is 28.7 Å². The van der Waals surface area contributed by atoms with Crippen molar-refractivity contribution in [2.45, 2.75) is 12.8 Å². The van der Waals surface area contributed by atoms with Crippen LogP contribution in [-0.4, -0.2) is 37.3 Å². The Bertz CT molecular complexity index is 1120.